The molecule has 27 valence electrons. The first kappa shape index (κ1) is 4.48. The van der Waals surface area contributed by atoms with Gasteiger partial charge < -0.3 is 0 Å². The molecule has 0 aliphatic heterocycles. The summed E-state index contributed by atoms with van der Waals surface area (Å²) in [5.41, 5.74) is 0. The Morgan fingerprint density at radius 2 is 2.25 bits per heavy atom. The van der Waals surface area contributed by atoms with E-state index in [1.54, 1.807) is 0 Å². The standard InChI is InChI=1S/C2H5O.Fe/c1-2-3;/h2H2,1H3;/q-1;+1. The van der Waals surface area contributed by atoms with E-state index in [1.807, 2.05) is 6.92 Å². The second kappa shape index (κ2) is 3.48. The van der Waals surface area contributed by atoms with Gasteiger partial charge in [0.25, 0.3) is 0 Å². The van der Waals surface area contributed by atoms with Crippen LogP contribution in [0.4, 0.5) is 0 Å². The minimum atomic E-state index is 0.708. The zero-order valence-corrected chi connectivity index (χ0v) is 3.57. The maximum absolute atomic E-state index is 4.29. The molecule has 0 heterocycles. The Kier molecular flexibility index (Phi) is 3.90. The molecule has 0 aromatic carbocycles. The van der Waals surface area contributed by atoms with E-state index in [4.69, 9.17) is 0 Å². The van der Waals surface area contributed by atoms with Gasteiger partial charge in [-0.2, -0.15) is 0 Å². The van der Waals surface area contributed by atoms with Gasteiger partial charge in [-0.1, -0.05) is 0 Å². The van der Waals surface area contributed by atoms with Gasteiger partial charge in [0.2, 0.25) is 0 Å². The Hall–Kier alpha value is 0.479. The van der Waals surface area contributed by atoms with E-state index in [1.165, 1.54) is 0 Å². The summed E-state index contributed by atoms with van der Waals surface area (Å²) < 4.78 is 4.29. The van der Waals surface area contributed by atoms with Gasteiger partial charge in [0.15, 0.2) is 0 Å². The summed E-state index contributed by atoms with van der Waals surface area (Å²) in [6, 6.07) is 0. The Morgan fingerprint density at radius 3 is 2.25 bits per heavy atom. The summed E-state index contributed by atoms with van der Waals surface area (Å²) in [5.74, 6) is 0. The molecular weight excluding hydrogens is 95.9 g/mol. The van der Waals surface area contributed by atoms with Crippen molar-refractivity contribution < 1.29 is 20.2 Å². The molecule has 0 aliphatic rings. The van der Waals surface area contributed by atoms with Crippen LogP contribution < -0.4 is 0 Å². The van der Waals surface area contributed by atoms with E-state index in [0.717, 1.165) is 0 Å². The van der Waals surface area contributed by atoms with Crippen LogP contribution in [-0.4, -0.2) is 6.61 Å². The molecule has 0 atom stereocenters. The zero-order valence-electron chi connectivity index (χ0n) is 2.47. The van der Waals surface area contributed by atoms with Gasteiger partial charge in [-0.15, -0.1) is 0 Å². The first-order chi connectivity index (χ1) is 1.91. The van der Waals surface area contributed by atoms with Gasteiger partial charge in [-0.3, -0.25) is 0 Å². The second-order valence-corrected chi connectivity index (χ2v) is 0.709. The molecule has 0 amide bonds. The van der Waals surface area contributed by atoms with Crippen molar-refractivity contribution in [2.45, 2.75) is 6.92 Å². The number of hydrogen-bond donors (Lipinski definition) is 0. The van der Waals surface area contributed by atoms with E-state index < -0.39 is 0 Å². The molecule has 0 aromatic heterocycles. The topological polar surface area (TPSA) is 9.23 Å². The average Bonchev–Trinajstić information content (AvgIpc) is 1.37. The van der Waals surface area contributed by atoms with Crippen LogP contribution in [0.15, 0.2) is 0 Å². The molecule has 1 nitrogen and oxygen atoms in total. The second-order valence-electron chi connectivity index (χ2n) is 0.391. The Labute approximate surface area is 34.5 Å². The first-order valence-electron chi connectivity index (χ1n) is 1.14. The number of rotatable bonds is 1. The normalized spacial score (nSPS) is 7.50. The zero-order chi connectivity index (χ0) is 3.41. The van der Waals surface area contributed by atoms with Gasteiger partial charge >= 0.3 is 33.7 Å². The summed E-state index contributed by atoms with van der Waals surface area (Å²) >= 11 is 3.10. The van der Waals surface area contributed by atoms with Crippen molar-refractivity contribution in [3.8, 4) is 0 Å². The van der Waals surface area contributed by atoms with Crippen LogP contribution in [0.1, 0.15) is 6.92 Å². The van der Waals surface area contributed by atoms with Crippen molar-refractivity contribution in [1.82, 2.24) is 0 Å². The van der Waals surface area contributed by atoms with Gasteiger partial charge in [0.05, 0.1) is 0 Å². The van der Waals surface area contributed by atoms with Gasteiger partial charge in [0, 0.05) is 0 Å². The van der Waals surface area contributed by atoms with Crippen molar-refractivity contribution in [3.05, 3.63) is 0 Å². The Bertz CT molecular complexity index is 8.00. The van der Waals surface area contributed by atoms with Crippen LogP contribution >= 0.6 is 0 Å². The van der Waals surface area contributed by atoms with Crippen LogP contribution in [-0.2, 0) is 20.2 Å². The van der Waals surface area contributed by atoms with E-state index >= 15 is 0 Å². The third-order valence-corrected chi connectivity index (χ3v) is 0.421. The molecular formula is C2H5FeO. The maximum atomic E-state index is 4.29. The average molecular weight is 101 g/mol. The van der Waals surface area contributed by atoms with Gasteiger partial charge in [-0.05, 0) is 0 Å². The van der Waals surface area contributed by atoms with E-state index in [2.05, 4.69) is 20.2 Å². The fourth-order valence-electron chi connectivity index (χ4n) is 0. The molecule has 0 unspecified atom stereocenters. The van der Waals surface area contributed by atoms with Crippen molar-refractivity contribution in [1.29, 1.82) is 0 Å². The SMILES string of the molecule is CC[O][Fe]. The van der Waals surface area contributed by atoms with Crippen LogP contribution in [0.2, 0.25) is 0 Å². The first-order valence-corrected chi connectivity index (χ1v) is 1.59. The molecule has 0 rings (SSSR count). The van der Waals surface area contributed by atoms with Crippen molar-refractivity contribution in [3.63, 3.8) is 0 Å². The van der Waals surface area contributed by atoms with Crippen molar-refractivity contribution >= 4 is 0 Å². The third-order valence-electron chi connectivity index (χ3n) is 0.102. The van der Waals surface area contributed by atoms with Gasteiger partial charge in [0.1, 0.15) is 0 Å². The van der Waals surface area contributed by atoms with Crippen LogP contribution in [0, 0.1) is 0 Å². The third kappa shape index (κ3) is 2.48. The molecule has 0 spiro atoms. The predicted octanol–water partition coefficient (Wildman–Crippen LogP) is 0.485. The van der Waals surface area contributed by atoms with Crippen LogP contribution in [0.25, 0.3) is 0 Å². The Balaban J connectivity index is 1.97. The summed E-state index contributed by atoms with van der Waals surface area (Å²) in [6.45, 7) is 2.60. The Morgan fingerprint density at radius 1 is 2.00 bits per heavy atom. The molecule has 0 N–H and O–H groups in total. The van der Waals surface area contributed by atoms with E-state index in [9.17, 15) is 0 Å². The molecule has 0 aromatic rings. The number of hydrogen-bond acceptors (Lipinski definition) is 1. The molecule has 0 bridgehead atoms. The van der Waals surface area contributed by atoms with Gasteiger partial charge in [-0.25, -0.2) is 0 Å². The van der Waals surface area contributed by atoms with E-state index in [-0.39, 0.29) is 0 Å². The summed E-state index contributed by atoms with van der Waals surface area (Å²) in [4.78, 5) is 0. The monoisotopic (exact) mass is 101 g/mol. The molecule has 0 saturated heterocycles. The van der Waals surface area contributed by atoms with Crippen LogP contribution in [0.3, 0.4) is 0 Å². The minimum absolute atomic E-state index is 0.708. The summed E-state index contributed by atoms with van der Waals surface area (Å²) in [7, 11) is 0. The summed E-state index contributed by atoms with van der Waals surface area (Å²) in [5, 5.41) is 0. The molecule has 0 aliphatic carbocycles. The van der Waals surface area contributed by atoms with Crippen molar-refractivity contribution in [2.24, 2.45) is 0 Å². The van der Waals surface area contributed by atoms with E-state index in [0.29, 0.717) is 6.61 Å². The quantitative estimate of drug-likeness (QED) is 0.436. The predicted molar refractivity (Wildman–Crippen MR) is 11.6 cm³/mol. The van der Waals surface area contributed by atoms with Crippen molar-refractivity contribution in [2.75, 3.05) is 6.61 Å². The molecule has 0 saturated carbocycles. The molecule has 2 heteroatoms. The summed E-state index contributed by atoms with van der Waals surface area (Å²) in [6.07, 6.45) is 0. The fraction of sp³-hybridized carbons (Fsp3) is 1.00. The van der Waals surface area contributed by atoms with Crippen LogP contribution in [0.5, 0.6) is 0 Å². The molecule has 0 fully saturated rings. The molecule has 4 heavy (non-hydrogen) atoms. The molecule has 0 radical (unpaired) electrons. The fourth-order valence-corrected chi connectivity index (χ4v) is 0.